The molecule has 1 aliphatic heterocycles. The van der Waals surface area contributed by atoms with Gasteiger partial charge in [-0.3, -0.25) is 9.59 Å². The van der Waals surface area contributed by atoms with E-state index in [0.717, 1.165) is 6.07 Å². The number of halogens is 2. The highest BCUT2D eigenvalue weighted by atomic mass is 19.1. The molecule has 29 heavy (non-hydrogen) atoms. The Morgan fingerprint density at radius 1 is 1.10 bits per heavy atom. The maximum Gasteiger partial charge on any atom is 0.254 e. The van der Waals surface area contributed by atoms with Crippen LogP contribution < -0.4 is 10.2 Å². The van der Waals surface area contributed by atoms with Crippen molar-refractivity contribution in [2.75, 3.05) is 29.9 Å². The largest absolute Gasteiger partial charge is 0.367 e. The molecule has 1 atom stereocenters. The number of carbonyl (C=O) groups is 2. The van der Waals surface area contributed by atoms with Gasteiger partial charge in [0, 0.05) is 43.0 Å². The maximum absolute atomic E-state index is 14.1. The van der Waals surface area contributed by atoms with Crippen molar-refractivity contribution in [3.8, 4) is 0 Å². The minimum absolute atomic E-state index is 0.0313. The van der Waals surface area contributed by atoms with Gasteiger partial charge in [-0.1, -0.05) is 6.58 Å². The van der Waals surface area contributed by atoms with Gasteiger partial charge in [0.1, 0.15) is 11.6 Å². The van der Waals surface area contributed by atoms with Crippen molar-refractivity contribution < 1.29 is 18.4 Å². The first kappa shape index (κ1) is 20.5. The summed E-state index contributed by atoms with van der Waals surface area (Å²) in [6.07, 6.45) is 1.84. The van der Waals surface area contributed by atoms with Crippen molar-refractivity contribution in [2.45, 2.75) is 19.4 Å². The summed E-state index contributed by atoms with van der Waals surface area (Å²) in [5.74, 6) is -1.66. The lowest BCUT2D eigenvalue weighted by atomic mass is 10.1. The Kier molecular flexibility index (Phi) is 6.26. The SMILES string of the molecule is C=CC(=O)Nc1ccc(C(=O)N2CCN(c3ccc(F)cc3F)CCC2C)cc1. The van der Waals surface area contributed by atoms with Gasteiger partial charge in [-0.2, -0.15) is 0 Å². The zero-order valence-electron chi connectivity index (χ0n) is 16.2. The normalized spacial score (nSPS) is 16.9. The Balaban J connectivity index is 1.71. The van der Waals surface area contributed by atoms with E-state index in [4.69, 9.17) is 0 Å². The third-order valence-electron chi connectivity index (χ3n) is 5.06. The number of hydrogen-bond acceptors (Lipinski definition) is 3. The van der Waals surface area contributed by atoms with Crippen molar-refractivity contribution in [1.82, 2.24) is 4.90 Å². The number of carbonyl (C=O) groups excluding carboxylic acids is 2. The molecule has 3 rings (SSSR count). The highest BCUT2D eigenvalue weighted by molar-refractivity contribution is 5.99. The van der Waals surface area contributed by atoms with Crippen LogP contribution in [0.2, 0.25) is 0 Å². The summed E-state index contributed by atoms with van der Waals surface area (Å²) in [6, 6.07) is 10.2. The Hall–Kier alpha value is -3.22. The molecule has 1 heterocycles. The molecule has 1 unspecified atom stereocenters. The molecule has 1 aliphatic rings. The van der Waals surface area contributed by atoms with Gasteiger partial charge in [0.15, 0.2) is 0 Å². The molecule has 0 aromatic heterocycles. The fourth-order valence-electron chi connectivity index (χ4n) is 3.39. The van der Waals surface area contributed by atoms with Gasteiger partial charge in [0.05, 0.1) is 5.69 Å². The van der Waals surface area contributed by atoms with Gasteiger partial charge >= 0.3 is 0 Å². The van der Waals surface area contributed by atoms with Crippen LogP contribution in [-0.2, 0) is 4.79 Å². The average molecular weight is 399 g/mol. The number of nitrogens with zero attached hydrogens (tertiary/aromatic N) is 2. The molecule has 7 heteroatoms. The summed E-state index contributed by atoms with van der Waals surface area (Å²) in [6.45, 7) is 6.80. The number of anilines is 2. The molecule has 2 amide bonds. The van der Waals surface area contributed by atoms with Crippen LogP contribution in [0.4, 0.5) is 20.2 Å². The van der Waals surface area contributed by atoms with Crippen LogP contribution in [0.5, 0.6) is 0 Å². The van der Waals surface area contributed by atoms with Crippen molar-refractivity contribution >= 4 is 23.2 Å². The van der Waals surface area contributed by atoms with Gasteiger partial charge in [-0.15, -0.1) is 0 Å². The zero-order valence-corrected chi connectivity index (χ0v) is 16.2. The number of amides is 2. The monoisotopic (exact) mass is 399 g/mol. The lowest BCUT2D eigenvalue weighted by molar-refractivity contribution is -0.111. The molecule has 2 aromatic rings. The van der Waals surface area contributed by atoms with Crippen molar-refractivity contribution in [1.29, 1.82) is 0 Å². The standard InChI is InChI=1S/C22H23F2N3O2/c1-3-21(28)25-18-7-4-16(5-8-18)22(29)27-13-12-26(11-10-15(27)2)20-9-6-17(23)14-19(20)24/h3-9,14-15H,1,10-13H2,2H3,(H,25,28). The van der Waals surface area contributed by atoms with Crippen LogP contribution in [0.1, 0.15) is 23.7 Å². The number of rotatable bonds is 4. The lowest BCUT2D eigenvalue weighted by Crippen LogP contribution is -2.40. The van der Waals surface area contributed by atoms with Gasteiger partial charge in [0.2, 0.25) is 5.91 Å². The summed E-state index contributed by atoms with van der Waals surface area (Å²) in [4.78, 5) is 28.0. The van der Waals surface area contributed by atoms with E-state index >= 15 is 0 Å². The summed E-state index contributed by atoms with van der Waals surface area (Å²) < 4.78 is 27.3. The van der Waals surface area contributed by atoms with Crippen LogP contribution in [0.3, 0.4) is 0 Å². The van der Waals surface area contributed by atoms with E-state index in [9.17, 15) is 18.4 Å². The van der Waals surface area contributed by atoms with Crippen LogP contribution in [0.25, 0.3) is 0 Å². The highest BCUT2D eigenvalue weighted by Crippen LogP contribution is 2.24. The minimum atomic E-state index is -0.612. The fourth-order valence-corrected chi connectivity index (χ4v) is 3.39. The molecule has 0 aliphatic carbocycles. The van der Waals surface area contributed by atoms with Crippen molar-refractivity contribution in [3.63, 3.8) is 0 Å². The van der Waals surface area contributed by atoms with Crippen molar-refractivity contribution in [2.24, 2.45) is 0 Å². The molecule has 1 N–H and O–H groups in total. The molecular formula is C22H23F2N3O2. The zero-order chi connectivity index (χ0) is 21.0. The van der Waals surface area contributed by atoms with E-state index in [1.807, 2.05) is 11.8 Å². The summed E-state index contributed by atoms with van der Waals surface area (Å²) in [5, 5.41) is 2.64. The molecule has 1 fully saturated rings. The first-order valence-electron chi connectivity index (χ1n) is 9.43. The second-order valence-electron chi connectivity index (χ2n) is 6.99. The lowest BCUT2D eigenvalue weighted by Gasteiger charge is -2.27. The second-order valence-corrected chi connectivity index (χ2v) is 6.99. The smallest absolute Gasteiger partial charge is 0.254 e. The molecule has 0 bridgehead atoms. The molecule has 0 spiro atoms. The van der Waals surface area contributed by atoms with E-state index in [0.29, 0.717) is 43.0 Å². The molecule has 1 saturated heterocycles. The number of nitrogens with one attached hydrogen (secondary N) is 1. The predicted molar refractivity (Wildman–Crippen MR) is 109 cm³/mol. The Labute approximate surface area is 168 Å². The number of benzene rings is 2. The molecular weight excluding hydrogens is 376 g/mol. The van der Waals surface area contributed by atoms with Crippen LogP contribution >= 0.6 is 0 Å². The van der Waals surface area contributed by atoms with E-state index in [1.165, 1.54) is 18.2 Å². The van der Waals surface area contributed by atoms with Crippen LogP contribution in [0.15, 0.2) is 55.1 Å². The quantitative estimate of drug-likeness (QED) is 0.795. The van der Waals surface area contributed by atoms with Gasteiger partial charge in [-0.05, 0) is 55.8 Å². The van der Waals surface area contributed by atoms with Gasteiger partial charge in [0.25, 0.3) is 5.91 Å². The van der Waals surface area contributed by atoms with E-state index < -0.39 is 11.6 Å². The van der Waals surface area contributed by atoms with E-state index in [1.54, 1.807) is 29.2 Å². The van der Waals surface area contributed by atoms with Crippen LogP contribution in [-0.4, -0.2) is 42.4 Å². The minimum Gasteiger partial charge on any atom is -0.367 e. The highest BCUT2D eigenvalue weighted by Gasteiger charge is 2.26. The Morgan fingerprint density at radius 2 is 1.83 bits per heavy atom. The first-order valence-corrected chi connectivity index (χ1v) is 9.43. The molecule has 152 valence electrons. The summed E-state index contributed by atoms with van der Waals surface area (Å²) in [5.41, 5.74) is 1.43. The Bertz CT molecular complexity index is 915. The third-order valence-corrected chi connectivity index (χ3v) is 5.06. The number of hydrogen-bond donors (Lipinski definition) is 1. The molecule has 2 aromatic carbocycles. The van der Waals surface area contributed by atoms with Gasteiger partial charge < -0.3 is 15.1 Å². The molecule has 5 nitrogen and oxygen atoms in total. The molecule has 0 saturated carbocycles. The second kappa shape index (κ2) is 8.86. The fraction of sp³-hybridized carbons (Fsp3) is 0.273. The van der Waals surface area contributed by atoms with Crippen molar-refractivity contribution in [3.05, 3.63) is 72.3 Å². The van der Waals surface area contributed by atoms with Crippen LogP contribution in [0, 0.1) is 11.6 Å². The third kappa shape index (κ3) is 4.80. The maximum atomic E-state index is 14.1. The topological polar surface area (TPSA) is 52.7 Å². The Morgan fingerprint density at radius 3 is 2.48 bits per heavy atom. The summed E-state index contributed by atoms with van der Waals surface area (Å²) in [7, 11) is 0. The molecule has 0 radical (unpaired) electrons. The first-order chi connectivity index (χ1) is 13.9. The van der Waals surface area contributed by atoms with E-state index in [-0.39, 0.29) is 17.9 Å². The average Bonchev–Trinajstić information content (AvgIpc) is 2.89. The van der Waals surface area contributed by atoms with Gasteiger partial charge in [-0.25, -0.2) is 8.78 Å². The predicted octanol–water partition coefficient (Wildman–Crippen LogP) is 3.83. The summed E-state index contributed by atoms with van der Waals surface area (Å²) >= 11 is 0. The van der Waals surface area contributed by atoms with E-state index in [2.05, 4.69) is 11.9 Å².